The van der Waals surface area contributed by atoms with Gasteiger partial charge in [0.25, 0.3) is 0 Å². The summed E-state index contributed by atoms with van der Waals surface area (Å²) in [5.74, 6) is 0. The van der Waals surface area contributed by atoms with Crippen LogP contribution in [0.25, 0.3) is 11.3 Å². The molecule has 0 atom stereocenters. The molecule has 0 amide bonds. The highest BCUT2D eigenvalue weighted by molar-refractivity contribution is 9.10. The van der Waals surface area contributed by atoms with Crippen molar-refractivity contribution in [1.29, 1.82) is 0 Å². The van der Waals surface area contributed by atoms with Gasteiger partial charge in [-0.2, -0.15) is 5.10 Å². The first-order valence-electron chi connectivity index (χ1n) is 4.98. The first-order valence-corrected chi connectivity index (χ1v) is 5.78. The van der Waals surface area contributed by atoms with E-state index in [1.54, 1.807) is 0 Å². The number of hydrogen-bond donors (Lipinski definition) is 0. The summed E-state index contributed by atoms with van der Waals surface area (Å²) in [7, 11) is 0. The number of rotatable bonds is 2. The van der Waals surface area contributed by atoms with E-state index < -0.39 is 0 Å². The van der Waals surface area contributed by atoms with Crippen molar-refractivity contribution < 1.29 is 0 Å². The lowest BCUT2D eigenvalue weighted by molar-refractivity contribution is 0.538. The lowest BCUT2D eigenvalue weighted by Crippen LogP contribution is -2.04. The van der Waals surface area contributed by atoms with E-state index in [4.69, 9.17) is 0 Å². The van der Waals surface area contributed by atoms with E-state index in [1.807, 2.05) is 35.1 Å². The zero-order chi connectivity index (χ0) is 10.8. The highest BCUT2D eigenvalue weighted by Crippen LogP contribution is 2.28. The van der Waals surface area contributed by atoms with Crippen LogP contribution in [-0.2, 0) is 0 Å². The second kappa shape index (κ2) is 4.19. The molecule has 3 heteroatoms. The van der Waals surface area contributed by atoms with E-state index in [2.05, 4.69) is 40.9 Å². The maximum atomic E-state index is 4.33. The monoisotopic (exact) mass is 264 g/mol. The molecule has 0 aliphatic heterocycles. The lowest BCUT2D eigenvalue weighted by Gasteiger charge is -2.11. The molecule has 1 aromatic heterocycles. The van der Waals surface area contributed by atoms with Gasteiger partial charge < -0.3 is 0 Å². The number of halogens is 1. The Kier molecular flexibility index (Phi) is 2.91. The summed E-state index contributed by atoms with van der Waals surface area (Å²) in [5.41, 5.74) is 2.33. The van der Waals surface area contributed by atoms with E-state index in [9.17, 15) is 0 Å². The van der Waals surface area contributed by atoms with Crippen LogP contribution in [0.3, 0.4) is 0 Å². The van der Waals surface area contributed by atoms with Crippen LogP contribution >= 0.6 is 15.9 Å². The van der Waals surface area contributed by atoms with Gasteiger partial charge in [0.1, 0.15) is 0 Å². The van der Waals surface area contributed by atoms with Crippen LogP contribution in [0.1, 0.15) is 19.9 Å². The van der Waals surface area contributed by atoms with E-state index in [0.717, 1.165) is 10.2 Å². The maximum absolute atomic E-state index is 4.33. The van der Waals surface area contributed by atoms with Gasteiger partial charge in [-0.1, -0.05) is 34.1 Å². The third kappa shape index (κ3) is 1.97. The minimum atomic E-state index is 0.377. The number of hydrogen-bond acceptors (Lipinski definition) is 1. The van der Waals surface area contributed by atoms with Crippen LogP contribution < -0.4 is 0 Å². The first kappa shape index (κ1) is 10.4. The molecule has 0 N–H and O–H groups in total. The van der Waals surface area contributed by atoms with Crippen LogP contribution in [0.4, 0.5) is 0 Å². The molecule has 0 saturated heterocycles. The third-order valence-corrected chi connectivity index (χ3v) is 3.00. The fourth-order valence-corrected chi connectivity index (χ4v) is 2.10. The Hall–Kier alpha value is -1.09. The number of nitrogens with zero attached hydrogens (tertiary/aromatic N) is 2. The van der Waals surface area contributed by atoms with Crippen molar-refractivity contribution in [2.75, 3.05) is 0 Å². The molecule has 0 fully saturated rings. The molecule has 0 bridgehead atoms. The Labute approximate surface area is 98.1 Å². The van der Waals surface area contributed by atoms with E-state index in [0.29, 0.717) is 6.04 Å². The normalized spacial score (nSPS) is 10.9. The minimum absolute atomic E-state index is 0.377. The van der Waals surface area contributed by atoms with E-state index in [1.165, 1.54) is 5.56 Å². The van der Waals surface area contributed by atoms with Gasteiger partial charge in [-0.3, -0.25) is 4.68 Å². The van der Waals surface area contributed by atoms with Gasteiger partial charge in [0.15, 0.2) is 0 Å². The predicted octanol–water partition coefficient (Wildman–Crippen LogP) is 3.89. The largest absolute Gasteiger partial charge is 0.262 e. The number of aromatic nitrogens is 2. The molecule has 1 heterocycles. The molecule has 0 saturated carbocycles. The molecule has 78 valence electrons. The van der Waals surface area contributed by atoms with Gasteiger partial charge in [-0.15, -0.1) is 0 Å². The average molecular weight is 265 g/mol. The van der Waals surface area contributed by atoms with Gasteiger partial charge in [-0.25, -0.2) is 0 Å². The van der Waals surface area contributed by atoms with Gasteiger partial charge in [0.05, 0.1) is 5.69 Å². The van der Waals surface area contributed by atoms with Crippen molar-refractivity contribution in [3.05, 3.63) is 41.0 Å². The maximum Gasteiger partial charge on any atom is 0.0696 e. The molecule has 2 rings (SSSR count). The third-order valence-electron chi connectivity index (χ3n) is 2.31. The van der Waals surface area contributed by atoms with E-state index in [-0.39, 0.29) is 0 Å². The van der Waals surface area contributed by atoms with Crippen LogP contribution in [-0.4, -0.2) is 9.78 Å². The SMILES string of the molecule is CC(C)n1nccc1-c1ccccc1Br. The quantitative estimate of drug-likeness (QED) is 0.805. The molecule has 0 spiro atoms. The minimum Gasteiger partial charge on any atom is -0.262 e. The highest BCUT2D eigenvalue weighted by atomic mass is 79.9. The Morgan fingerprint density at radius 1 is 1.20 bits per heavy atom. The summed E-state index contributed by atoms with van der Waals surface area (Å²) in [4.78, 5) is 0. The van der Waals surface area contributed by atoms with Crippen LogP contribution in [0.5, 0.6) is 0 Å². The van der Waals surface area contributed by atoms with Crippen LogP contribution in [0.15, 0.2) is 41.0 Å². The van der Waals surface area contributed by atoms with Gasteiger partial charge in [0.2, 0.25) is 0 Å². The molecule has 1 aromatic carbocycles. The lowest BCUT2D eigenvalue weighted by atomic mass is 10.1. The molecule has 0 unspecified atom stereocenters. The zero-order valence-corrected chi connectivity index (χ0v) is 10.4. The van der Waals surface area contributed by atoms with Gasteiger partial charge in [0, 0.05) is 22.3 Å². The summed E-state index contributed by atoms with van der Waals surface area (Å²) in [6.07, 6.45) is 1.84. The topological polar surface area (TPSA) is 17.8 Å². The van der Waals surface area contributed by atoms with Gasteiger partial charge in [-0.05, 0) is 26.0 Å². The fraction of sp³-hybridized carbons (Fsp3) is 0.250. The average Bonchev–Trinajstić information content (AvgIpc) is 2.67. The molecule has 2 aromatic rings. The summed E-state index contributed by atoms with van der Waals surface area (Å²) < 4.78 is 3.13. The van der Waals surface area contributed by atoms with Crippen LogP contribution in [0.2, 0.25) is 0 Å². The standard InChI is InChI=1S/C12H13BrN2/c1-9(2)15-12(7-8-14-15)10-5-3-4-6-11(10)13/h3-9H,1-2H3. The van der Waals surface area contributed by atoms with Crippen LogP contribution in [0, 0.1) is 0 Å². The number of benzene rings is 1. The summed E-state index contributed by atoms with van der Waals surface area (Å²) in [6, 6.07) is 10.6. The fourth-order valence-electron chi connectivity index (χ4n) is 1.61. The Morgan fingerprint density at radius 3 is 2.60 bits per heavy atom. The second-order valence-electron chi connectivity index (χ2n) is 3.73. The Balaban J connectivity index is 2.55. The van der Waals surface area contributed by atoms with Crippen molar-refractivity contribution in [2.24, 2.45) is 0 Å². The van der Waals surface area contributed by atoms with E-state index >= 15 is 0 Å². The van der Waals surface area contributed by atoms with Crippen molar-refractivity contribution in [3.63, 3.8) is 0 Å². The van der Waals surface area contributed by atoms with Crippen molar-refractivity contribution in [2.45, 2.75) is 19.9 Å². The molecule has 0 aliphatic carbocycles. The van der Waals surface area contributed by atoms with Crippen molar-refractivity contribution >= 4 is 15.9 Å². The first-order chi connectivity index (χ1) is 7.20. The summed E-state index contributed by atoms with van der Waals surface area (Å²) >= 11 is 3.56. The smallest absolute Gasteiger partial charge is 0.0696 e. The van der Waals surface area contributed by atoms with Crippen molar-refractivity contribution in [3.8, 4) is 11.3 Å². The molecular formula is C12H13BrN2. The zero-order valence-electron chi connectivity index (χ0n) is 8.81. The molecule has 2 nitrogen and oxygen atoms in total. The van der Waals surface area contributed by atoms with Crippen molar-refractivity contribution in [1.82, 2.24) is 9.78 Å². The molecule has 0 aliphatic rings. The molecular weight excluding hydrogens is 252 g/mol. The summed E-state index contributed by atoms with van der Waals surface area (Å²) in [6.45, 7) is 4.26. The molecule has 15 heavy (non-hydrogen) atoms. The second-order valence-corrected chi connectivity index (χ2v) is 4.59. The predicted molar refractivity (Wildman–Crippen MR) is 65.7 cm³/mol. The Bertz CT molecular complexity index is 460. The molecule has 0 radical (unpaired) electrons. The van der Waals surface area contributed by atoms with Gasteiger partial charge >= 0.3 is 0 Å². The summed E-state index contributed by atoms with van der Waals surface area (Å²) in [5, 5.41) is 4.33. The highest BCUT2D eigenvalue weighted by Gasteiger charge is 2.09. The Morgan fingerprint density at radius 2 is 1.93 bits per heavy atom.